The van der Waals surface area contributed by atoms with Crippen molar-refractivity contribution in [2.45, 2.75) is 20.3 Å². The number of amides is 1. The Bertz CT molecular complexity index is 548. The molecule has 21 heavy (non-hydrogen) atoms. The maximum Gasteiger partial charge on any atom is 0.254 e. The summed E-state index contributed by atoms with van der Waals surface area (Å²) in [7, 11) is 1.56. The number of carbonyl (C=O) groups is 1. The van der Waals surface area contributed by atoms with Crippen molar-refractivity contribution >= 4 is 12.1 Å². The Morgan fingerprint density at radius 2 is 2.24 bits per heavy atom. The monoisotopic (exact) mass is 289 g/mol. The van der Waals surface area contributed by atoms with Crippen LogP contribution in [0, 0.1) is 17.2 Å². The van der Waals surface area contributed by atoms with Gasteiger partial charge in [0.2, 0.25) is 0 Å². The molecule has 0 bridgehead atoms. The molecule has 1 aromatic rings. The number of nitrogens with one attached hydrogen (secondary N) is 1. The summed E-state index contributed by atoms with van der Waals surface area (Å²) in [5, 5.41) is 12.1. The van der Waals surface area contributed by atoms with Crippen LogP contribution in [0.1, 0.15) is 25.8 Å². The van der Waals surface area contributed by atoms with Crippen LogP contribution in [-0.4, -0.2) is 25.8 Å². The lowest BCUT2D eigenvalue weighted by molar-refractivity contribution is -0.120. The fourth-order valence-corrected chi connectivity index (χ4v) is 1.43. The highest BCUT2D eigenvalue weighted by Crippen LogP contribution is 2.27. The molecule has 0 heterocycles. The van der Waals surface area contributed by atoms with Crippen LogP contribution >= 0.6 is 0 Å². The minimum absolute atomic E-state index is 0.220. The zero-order valence-corrected chi connectivity index (χ0v) is 12.4. The van der Waals surface area contributed by atoms with E-state index in [1.165, 1.54) is 6.21 Å². The van der Waals surface area contributed by atoms with Crippen molar-refractivity contribution < 1.29 is 14.3 Å². The number of nitrogens with zero attached hydrogens (tertiary/aromatic N) is 2. The van der Waals surface area contributed by atoms with Gasteiger partial charge in [0, 0.05) is 0 Å². The van der Waals surface area contributed by atoms with Gasteiger partial charge in [0.15, 0.2) is 11.5 Å². The highest BCUT2D eigenvalue weighted by molar-refractivity contribution is 5.83. The molecule has 6 nitrogen and oxygen atoms in total. The van der Waals surface area contributed by atoms with Crippen LogP contribution < -0.4 is 14.9 Å². The number of nitriles is 1. The molecule has 1 rings (SSSR count). The average Bonchev–Trinajstić information content (AvgIpc) is 2.45. The first-order valence-electron chi connectivity index (χ1n) is 6.56. The second-order valence-electron chi connectivity index (χ2n) is 4.74. The van der Waals surface area contributed by atoms with Crippen molar-refractivity contribution in [2.75, 3.05) is 13.7 Å². The lowest BCUT2D eigenvalue weighted by atomic mass is 10.2. The fourth-order valence-electron chi connectivity index (χ4n) is 1.43. The second-order valence-corrected chi connectivity index (χ2v) is 4.74. The number of rotatable bonds is 7. The number of hydrogen-bond donors (Lipinski definition) is 1. The second kappa shape index (κ2) is 8.59. The summed E-state index contributed by atoms with van der Waals surface area (Å²) in [5.41, 5.74) is 3.01. The van der Waals surface area contributed by atoms with E-state index in [-0.39, 0.29) is 6.42 Å². The summed E-state index contributed by atoms with van der Waals surface area (Å²) in [4.78, 5) is 11.1. The minimum atomic E-state index is -0.447. The first-order valence-corrected chi connectivity index (χ1v) is 6.56. The number of carbonyl (C=O) groups excluding carboxylic acids is 1. The van der Waals surface area contributed by atoms with Crippen LogP contribution in [0.4, 0.5) is 0 Å². The Morgan fingerprint density at radius 3 is 2.86 bits per heavy atom. The van der Waals surface area contributed by atoms with Crippen molar-refractivity contribution in [3.63, 3.8) is 0 Å². The van der Waals surface area contributed by atoms with Gasteiger partial charge in [-0.3, -0.25) is 4.79 Å². The molecular formula is C15H19N3O3. The molecule has 0 aromatic heterocycles. The van der Waals surface area contributed by atoms with Gasteiger partial charge in [0.05, 0.1) is 26.0 Å². The standard InChI is InChI=1S/C15H19N3O3/c1-11(2)10-21-13-5-4-12(8-14(13)20-3)9-17-18-15(19)6-7-16/h4-5,8-9,11H,6,10H2,1-3H3,(H,18,19). The zero-order valence-electron chi connectivity index (χ0n) is 12.4. The van der Waals surface area contributed by atoms with Crippen molar-refractivity contribution in [3.8, 4) is 17.6 Å². The van der Waals surface area contributed by atoms with E-state index in [0.717, 1.165) is 5.56 Å². The molecule has 6 heteroatoms. The number of ether oxygens (including phenoxy) is 2. The molecule has 112 valence electrons. The number of hydrogen-bond acceptors (Lipinski definition) is 5. The Hall–Kier alpha value is -2.55. The van der Waals surface area contributed by atoms with Crippen LogP contribution in [0.15, 0.2) is 23.3 Å². The van der Waals surface area contributed by atoms with E-state index < -0.39 is 5.91 Å². The van der Waals surface area contributed by atoms with Gasteiger partial charge in [-0.1, -0.05) is 13.8 Å². The smallest absolute Gasteiger partial charge is 0.254 e. The first-order chi connectivity index (χ1) is 10.1. The third-order valence-electron chi connectivity index (χ3n) is 2.40. The molecule has 0 aliphatic heterocycles. The largest absolute Gasteiger partial charge is 0.493 e. The normalized spacial score (nSPS) is 10.4. The molecule has 1 N–H and O–H groups in total. The maximum absolute atomic E-state index is 11.1. The van der Waals surface area contributed by atoms with Crippen LogP contribution in [0.3, 0.4) is 0 Å². The Kier molecular flexibility index (Phi) is 6.75. The molecular weight excluding hydrogens is 270 g/mol. The summed E-state index contributed by atoms with van der Waals surface area (Å²) in [6, 6.07) is 7.10. The van der Waals surface area contributed by atoms with E-state index in [0.29, 0.717) is 24.0 Å². The third-order valence-corrected chi connectivity index (χ3v) is 2.40. The molecule has 0 aliphatic rings. The van der Waals surface area contributed by atoms with E-state index in [2.05, 4.69) is 24.4 Å². The summed E-state index contributed by atoms with van der Waals surface area (Å²) < 4.78 is 10.9. The SMILES string of the molecule is COc1cc(C=NNC(=O)CC#N)ccc1OCC(C)C. The van der Waals surface area contributed by atoms with Gasteiger partial charge < -0.3 is 9.47 Å². The van der Waals surface area contributed by atoms with E-state index in [4.69, 9.17) is 14.7 Å². The quantitative estimate of drug-likeness (QED) is 0.615. The molecule has 0 radical (unpaired) electrons. The first kappa shape index (κ1) is 16.5. The summed E-state index contributed by atoms with van der Waals surface area (Å²) in [5.74, 6) is 1.24. The van der Waals surface area contributed by atoms with Gasteiger partial charge in [0.25, 0.3) is 5.91 Å². The lowest BCUT2D eigenvalue weighted by Gasteiger charge is -2.12. The van der Waals surface area contributed by atoms with Crippen molar-refractivity contribution in [1.29, 1.82) is 5.26 Å². The van der Waals surface area contributed by atoms with Gasteiger partial charge in [-0.05, 0) is 29.7 Å². The van der Waals surface area contributed by atoms with E-state index in [1.54, 1.807) is 31.4 Å². The number of benzene rings is 1. The molecule has 0 aliphatic carbocycles. The molecule has 1 amide bonds. The number of methoxy groups -OCH3 is 1. The molecule has 0 fully saturated rings. The third kappa shape index (κ3) is 5.95. The van der Waals surface area contributed by atoms with Crippen LogP contribution in [-0.2, 0) is 4.79 Å². The Labute approximate surface area is 124 Å². The van der Waals surface area contributed by atoms with Gasteiger partial charge >= 0.3 is 0 Å². The molecule has 0 spiro atoms. The Balaban J connectivity index is 2.71. The topological polar surface area (TPSA) is 83.7 Å². The molecule has 1 aromatic carbocycles. The highest BCUT2D eigenvalue weighted by Gasteiger charge is 2.06. The number of hydrazone groups is 1. The highest BCUT2D eigenvalue weighted by atomic mass is 16.5. The van der Waals surface area contributed by atoms with Gasteiger partial charge in [-0.15, -0.1) is 0 Å². The predicted octanol–water partition coefficient (Wildman–Crippen LogP) is 2.09. The van der Waals surface area contributed by atoms with E-state index in [9.17, 15) is 4.79 Å². The van der Waals surface area contributed by atoms with Crippen LogP contribution in [0.5, 0.6) is 11.5 Å². The van der Waals surface area contributed by atoms with E-state index >= 15 is 0 Å². The summed E-state index contributed by atoms with van der Waals surface area (Å²) in [6.07, 6.45) is 1.26. The zero-order chi connectivity index (χ0) is 15.7. The van der Waals surface area contributed by atoms with Crippen molar-refractivity contribution in [3.05, 3.63) is 23.8 Å². The molecule has 0 atom stereocenters. The summed E-state index contributed by atoms with van der Waals surface area (Å²) in [6.45, 7) is 4.74. The van der Waals surface area contributed by atoms with Gasteiger partial charge in [0.1, 0.15) is 6.42 Å². The molecule has 0 saturated carbocycles. The van der Waals surface area contributed by atoms with Crippen molar-refractivity contribution in [2.24, 2.45) is 11.0 Å². The van der Waals surface area contributed by atoms with Crippen LogP contribution in [0.2, 0.25) is 0 Å². The Morgan fingerprint density at radius 1 is 1.48 bits per heavy atom. The van der Waals surface area contributed by atoms with Crippen molar-refractivity contribution in [1.82, 2.24) is 5.43 Å². The summed E-state index contributed by atoms with van der Waals surface area (Å²) >= 11 is 0. The fraction of sp³-hybridized carbons (Fsp3) is 0.400. The maximum atomic E-state index is 11.1. The average molecular weight is 289 g/mol. The van der Waals surface area contributed by atoms with Crippen LogP contribution in [0.25, 0.3) is 0 Å². The van der Waals surface area contributed by atoms with E-state index in [1.807, 2.05) is 0 Å². The lowest BCUT2D eigenvalue weighted by Crippen LogP contribution is -2.16. The minimum Gasteiger partial charge on any atom is -0.493 e. The molecule has 0 unspecified atom stereocenters. The van der Waals surface area contributed by atoms with Gasteiger partial charge in [-0.2, -0.15) is 10.4 Å². The predicted molar refractivity (Wildman–Crippen MR) is 79.3 cm³/mol. The van der Waals surface area contributed by atoms with Gasteiger partial charge in [-0.25, -0.2) is 5.43 Å². The molecule has 0 saturated heterocycles.